The molecule has 0 fully saturated rings. The molecule has 0 amide bonds. The van der Waals surface area contributed by atoms with Crippen molar-refractivity contribution >= 4 is 43.8 Å². The Kier molecular flexibility index (Phi) is 2.95. The molecule has 0 spiro atoms. The molecule has 16 heavy (non-hydrogen) atoms. The number of aryl methyl sites for hydroxylation is 1. The van der Waals surface area contributed by atoms with Crippen molar-refractivity contribution in [3.63, 3.8) is 0 Å². The molecule has 0 bridgehead atoms. The summed E-state index contributed by atoms with van der Waals surface area (Å²) in [5.74, 6) is 0. The number of aromatic nitrogens is 2. The molecule has 1 aliphatic carbocycles. The fourth-order valence-electron chi connectivity index (χ4n) is 2.07. The highest BCUT2D eigenvalue weighted by Gasteiger charge is 2.22. The Balaban J connectivity index is 1.87. The van der Waals surface area contributed by atoms with Crippen LogP contribution < -0.4 is 5.32 Å². The zero-order chi connectivity index (χ0) is 11.0. The average Bonchev–Trinajstić information content (AvgIpc) is 2.86. The van der Waals surface area contributed by atoms with Crippen LogP contribution in [0.4, 0.5) is 5.00 Å². The van der Waals surface area contributed by atoms with E-state index in [1.54, 1.807) is 6.20 Å². The zero-order valence-corrected chi connectivity index (χ0v) is 11.7. The van der Waals surface area contributed by atoms with Crippen LogP contribution in [-0.2, 0) is 6.42 Å². The summed E-state index contributed by atoms with van der Waals surface area (Å²) in [5, 5.41) is 8.41. The van der Waals surface area contributed by atoms with Gasteiger partial charge in [-0.1, -0.05) is 4.49 Å². The fraction of sp³-hybridized carbons (Fsp3) is 0.400. The molecule has 0 saturated carbocycles. The molecule has 2 aromatic heterocycles. The van der Waals surface area contributed by atoms with E-state index < -0.39 is 0 Å². The summed E-state index contributed by atoms with van der Waals surface area (Å²) in [6.45, 7) is 0. The molecule has 0 saturated heterocycles. The first-order chi connectivity index (χ1) is 7.83. The molecule has 0 radical (unpaired) electrons. The van der Waals surface area contributed by atoms with Gasteiger partial charge in [-0.25, -0.2) is 0 Å². The molecule has 2 aromatic rings. The van der Waals surface area contributed by atoms with Gasteiger partial charge in [0.15, 0.2) is 0 Å². The number of rotatable bonds is 2. The molecule has 3 rings (SSSR count). The zero-order valence-electron chi connectivity index (χ0n) is 8.44. The molecule has 84 valence electrons. The molecule has 1 atom stereocenters. The van der Waals surface area contributed by atoms with Gasteiger partial charge in [-0.2, -0.15) is 0 Å². The van der Waals surface area contributed by atoms with Crippen molar-refractivity contribution < 1.29 is 0 Å². The number of hydrogen-bond acceptors (Lipinski definition) is 5. The monoisotopic (exact) mass is 315 g/mol. The van der Waals surface area contributed by atoms with Crippen molar-refractivity contribution in [2.75, 3.05) is 5.32 Å². The summed E-state index contributed by atoms with van der Waals surface area (Å²) in [6.07, 6.45) is 5.45. The van der Waals surface area contributed by atoms with Crippen LogP contribution in [0.25, 0.3) is 0 Å². The van der Waals surface area contributed by atoms with E-state index in [1.165, 1.54) is 45.0 Å². The number of nitrogens with one attached hydrogen (secondary N) is 1. The molecular formula is C10H10BrN3S2. The van der Waals surface area contributed by atoms with E-state index in [4.69, 9.17) is 0 Å². The van der Waals surface area contributed by atoms with Gasteiger partial charge in [-0.15, -0.1) is 16.4 Å². The van der Waals surface area contributed by atoms with Crippen molar-refractivity contribution in [1.82, 2.24) is 9.59 Å². The van der Waals surface area contributed by atoms with Gasteiger partial charge < -0.3 is 5.32 Å². The van der Waals surface area contributed by atoms with Crippen molar-refractivity contribution in [3.8, 4) is 0 Å². The first-order valence-electron chi connectivity index (χ1n) is 5.15. The minimum Gasteiger partial charge on any atom is -0.367 e. The minimum absolute atomic E-state index is 0.425. The van der Waals surface area contributed by atoms with Gasteiger partial charge in [0, 0.05) is 16.4 Å². The number of hydrogen-bond donors (Lipinski definition) is 1. The first kappa shape index (κ1) is 10.7. The van der Waals surface area contributed by atoms with E-state index in [2.05, 4.69) is 36.9 Å². The summed E-state index contributed by atoms with van der Waals surface area (Å²) < 4.78 is 5.10. The number of halogens is 1. The Morgan fingerprint density at radius 3 is 3.25 bits per heavy atom. The molecule has 1 aliphatic rings. The van der Waals surface area contributed by atoms with Crippen LogP contribution in [0, 0.1) is 0 Å². The normalized spacial score (nSPS) is 19.4. The average molecular weight is 316 g/mol. The van der Waals surface area contributed by atoms with Crippen LogP contribution in [0.2, 0.25) is 0 Å². The highest BCUT2D eigenvalue weighted by atomic mass is 79.9. The van der Waals surface area contributed by atoms with Gasteiger partial charge in [0.2, 0.25) is 0 Å². The van der Waals surface area contributed by atoms with Gasteiger partial charge in [0.1, 0.15) is 5.00 Å². The maximum Gasteiger partial charge on any atom is 0.130 e. The summed E-state index contributed by atoms with van der Waals surface area (Å²) in [5.41, 5.74) is 1.44. The lowest BCUT2D eigenvalue weighted by atomic mass is 9.94. The quantitative estimate of drug-likeness (QED) is 0.914. The van der Waals surface area contributed by atoms with E-state index in [0.29, 0.717) is 6.04 Å². The van der Waals surface area contributed by atoms with E-state index in [0.717, 1.165) is 5.00 Å². The smallest absolute Gasteiger partial charge is 0.130 e. The second kappa shape index (κ2) is 4.43. The van der Waals surface area contributed by atoms with E-state index >= 15 is 0 Å². The van der Waals surface area contributed by atoms with Crippen molar-refractivity contribution in [2.24, 2.45) is 0 Å². The lowest BCUT2D eigenvalue weighted by Crippen LogP contribution is -2.14. The SMILES string of the molecule is Brc1cc2c(s1)CCCC2Nc1cnns1. The predicted octanol–water partition coefficient (Wildman–Crippen LogP) is 3.85. The second-order valence-electron chi connectivity index (χ2n) is 3.80. The highest BCUT2D eigenvalue weighted by molar-refractivity contribution is 9.11. The summed E-state index contributed by atoms with van der Waals surface area (Å²) in [4.78, 5) is 1.51. The topological polar surface area (TPSA) is 37.8 Å². The fourth-order valence-corrected chi connectivity index (χ4v) is 4.36. The Hall–Kier alpha value is -0.460. The van der Waals surface area contributed by atoms with Crippen molar-refractivity contribution in [2.45, 2.75) is 25.3 Å². The molecule has 2 heterocycles. The second-order valence-corrected chi connectivity index (χ2v) is 7.10. The van der Waals surface area contributed by atoms with E-state index in [1.807, 2.05) is 11.3 Å². The number of fused-ring (bicyclic) bond motifs is 1. The van der Waals surface area contributed by atoms with Crippen molar-refractivity contribution in [3.05, 3.63) is 26.5 Å². The molecule has 1 N–H and O–H groups in total. The Bertz CT molecular complexity index is 480. The van der Waals surface area contributed by atoms with Crippen LogP contribution in [-0.4, -0.2) is 9.59 Å². The maximum atomic E-state index is 3.87. The molecule has 6 heteroatoms. The van der Waals surface area contributed by atoms with E-state index in [9.17, 15) is 0 Å². The number of thiophene rings is 1. The minimum atomic E-state index is 0.425. The van der Waals surface area contributed by atoms with E-state index in [-0.39, 0.29) is 0 Å². The largest absolute Gasteiger partial charge is 0.367 e. The van der Waals surface area contributed by atoms with Crippen LogP contribution in [0.5, 0.6) is 0 Å². The van der Waals surface area contributed by atoms with Crippen LogP contribution >= 0.6 is 38.8 Å². The van der Waals surface area contributed by atoms with Crippen LogP contribution in [0.3, 0.4) is 0 Å². The summed E-state index contributed by atoms with van der Waals surface area (Å²) in [7, 11) is 0. The van der Waals surface area contributed by atoms with Gasteiger partial charge in [-0.3, -0.25) is 0 Å². The van der Waals surface area contributed by atoms with Gasteiger partial charge in [0.25, 0.3) is 0 Å². The van der Waals surface area contributed by atoms with Crippen LogP contribution in [0.15, 0.2) is 16.0 Å². The lowest BCUT2D eigenvalue weighted by molar-refractivity contribution is 0.610. The van der Waals surface area contributed by atoms with Gasteiger partial charge >= 0.3 is 0 Å². The summed E-state index contributed by atoms with van der Waals surface area (Å²) >= 11 is 6.84. The Morgan fingerprint density at radius 2 is 2.44 bits per heavy atom. The number of anilines is 1. The molecule has 0 aromatic carbocycles. The Morgan fingerprint density at radius 1 is 1.50 bits per heavy atom. The third kappa shape index (κ3) is 2.01. The van der Waals surface area contributed by atoms with Gasteiger partial charge in [0.05, 0.1) is 16.0 Å². The molecule has 0 aliphatic heterocycles. The Labute approximate surface area is 110 Å². The van der Waals surface area contributed by atoms with Gasteiger partial charge in [-0.05, 0) is 46.8 Å². The molecule has 3 nitrogen and oxygen atoms in total. The standard InChI is InChI=1S/C10H10BrN3S2/c11-9-4-6-7(2-1-3-8(6)15-9)13-10-5-12-14-16-10/h4-5,7,13H,1-3H2. The third-order valence-corrected chi connectivity index (χ3v) is 5.07. The van der Waals surface area contributed by atoms with Crippen LogP contribution in [0.1, 0.15) is 29.3 Å². The molecule has 1 unspecified atom stereocenters. The molecular weight excluding hydrogens is 306 g/mol. The maximum absolute atomic E-state index is 3.87. The summed E-state index contributed by atoms with van der Waals surface area (Å²) in [6, 6.07) is 2.67. The third-order valence-electron chi connectivity index (χ3n) is 2.76. The number of nitrogens with zero attached hydrogens (tertiary/aromatic N) is 2. The first-order valence-corrected chi connectivity index (χ1v) is 7.53. The van der Waals surface area contributed by atoms with Crippen molar-refractivity contribution in [1.29, 1.82) is 0 Å². The highest BCUT2D eigenvalue weighted by Crippen LogP contribution is 2.39. The predicted molar refractivity (Wildman–Crippen MR) is 71.2 cm³/mol. The lowest BCUT2D eigenvalue weighted by Gasteiger charge is -2.23.